The molecule has 0 aromatic heterocycles. The number of carbonyl (C=O) groups excluding carboxylic acids is 1. The van der Waals surface area contributed by atoms with Crippen molar-refractivity contribution in [3.63, 3.8) is 0 Å². The van der Waals surface area contributed by atoms with Crippen LogP contribution in [0.1, 0.15) is 53.4 Å². The summed E-state index contributed by atoms with van der Waals surface area (Å²) in [7, 11) is 0. The highest BCUT2D eigenvalue weighted by Crippen LogP contribution is 2.42. The van der Waals surface area contributed by atoms with Crippen LogP contribution in [0.3, 0.4) is 0 Å². The third-order valence-corrected chi connectivity index (χ3v) is 4.14. The lowest BCUT2D eigenvalue weighted by Crippen LogP contribution is -2.35. The maximum absolute atomic E-state index is 11.5. The Labute approximate surface area is 118 Å². The summed E-state index contributed by atoms with van der Waals surface area (Å²) in [4.78, 5) is 11.5. The Bertz CT molecular complexity index is 265. The summed E-state index contributed by atoms with van der Waals surface area (Å²) >= 11 is 2.05. The molecule has 0 spiro atoms. The first-order valence-corrected chi connectivity index (χ1v) is 7.59. The molecule has 0 radical (unpaired) electrons. The van der Waals surface area contributed by atoms with Crippen molar-refractivity contribution in [1.29, 1.82) is 0 Å². The molecule has 0 amide bonds. The molecule has 4 heteroatoms. The number of hydrogen-bond acceptors (Lipinski definition) is 3. The monoisotopic (exact) mass is 354 g/mol. The summed E-state index contributed by atoms with van der Waals surface area (Å²) in [5.41, 5.74) is 0.291. The Morgan fingerprint density at radius 2 is 2.06 bits per heavy atom. The third-order valence-electron chi connectivity index (χ3n) is 3.88. The van der Waals surface area contributed by atoms with Gasteiger partial charge in [0, 0.05) is 0 Å². The van der Waals surface area contributed by atoms with E-state index in [1.807, 2.05) is 29.5 Å². The number of halogens is 1. The molecule has 0 aliphatic heterocycles. The van der Waals surface area contributed by atoms with Crippen molar-refractivity contribution >= 4 is 28.7 Å². The molecule has 0 saturated heterocycles. The largest absolute Gasteiger partial charge is 0.509 e. The van der Waals surface area contributed by atoms with E-state index in [0.717, 1.165) is 19.3 Å². The van der Waals surface area contributed by atoms with Crippen LogP contribution in [-0.2, 0) is 9.47 Å². The van der Waals surface area contributed by atoms with Crippen molar-refractivity contribution in [2.45, 2.75) is 63.6 Å². The topological polar surface area (TPSA) is 35.5 Å². The van der Waals surface area contributed by atoms with Gasteiger partial charge in [0.25, 0.3) is 0 Å². The molecule has 3 nitrogen and oxygen atoms in total. The molecule has 1 aliphatic rings. The van der Waals surface area contributed by atoms with Crippen LogP contribution in [0.4, 0.5) is 4.79 Å². The lowest BCUT2D eigenvalue weighted by molar-refractivity contribution is -0.0228. The molecule has 0 heterocycles. The normalized spacial score (nSPS) is 31.1. The van der Waals surface area contributed by atoms with E-state index in [9.17, 15) is 4.79 Å². The molecular weight excluding hydrogens is 331 g/mol. The zero-order chi connectivity index (χ0) is 13.1. The van der Waals surface area contributed by atoms with Crippen LogP contribution in [-0.4, -0.2) is 16.4 Å². The van der Waals surface area contributed by atoms with E-state index in [1.165, 1.54) is 6.42 Å². The number of rotatable bonds is 3. The van der Waals surface area contributed by atoms with E-state index in [2.05, 4.69) is 20.8 Å². The Morgan fingerprint density at radius 3 is 2.59 bits per heavy atom. The average molecular weight is 354 g/mol. The Morgan fingerprint density at radius 1 is 1.41 bits per heavy atom. The molecule has 3 atom stereocenters. The molecule has 2 unspecified atom stereocenters. The van der Waals surface area contributed by atoms with Crippen molar-refractivity contribution in [2.75, 3.05) is 0 Å². The van der Waals surface area contributed by atoms with E-state index in [-0.39, 0.29) is 10.2 Å². The summed E-state index contributed by atoms with van der Waals surface area (Å²) in [6.07, 6.45) is 3.78. The Hall–Kier alpha value is 0. The quantitative estimate of drug-likeness (QED) is 0.425. The molecule has 1 rings (SSSR count). The average Bonchev–Trinajstić information content (AvgIpc) is 2.15. The second-order valence-corrected chi connectivity index (χ2v) is 7.31. The first-order chi connectivity index (χ1) is 7.83. The second-order valence-electron chi connectivity index (χ2n) is 5.56. The summed E-state index contributed by atoms with van der Waals surface area (Å²) in [6, 6.07) is 0. The fourth-order valence-corrected chi connectivity index (χ4v) is 2.59. The fourth-order valence-electron chi connectivity index (χ4n) is 2.38. The van der Waals surface area contributed by atoms with Gasteiger partial charge in [-0.1, -0.05) is 20.8 Å². The van der Waals surface area contributed by atoms with Crippen molar-refractivity contribution < 1.29 is 14.3 Å². The van der Waals surface area contributed by atoms with Crippen LogP contribution >= 0.6 is 22.6 Å². The van der Waals surface area contributed by atoms with E-state index in [4.69, 9.17) is 9.47 Å². The van der Waals surface area contributed by atoms with Crippen molar-refractivity contribution in [1.82, 2.24) is 0 Å². The standard InChI is InChI=1S/C13H23IO3/c1-9(2)13(4)7-5-6-11(8-13)17-12(15)16-10(3)14/h9-11H,5-8H2,1-4H3/t10?,11?,13-/m1/s1. The zero-order valence-electron chi connectivity index (χ0n) is 11.2. The number of alkyl halides is 1. The Kier molecular flexibility index (Phi) is 5.54. The highest BCUT2D eigenvalue weighted by atomic mass is 127. The van der Waals surface area contributed by atoms with Gasteiger partial charge in [-0.2, -0.15) is 0 Å². The molecule has 17 heavy (non-hydrogen) atoms. The highest BCUT2D eigenvalue weighted by molar-refractivity contribution is 14.1. The summed E-state index contributed by atoms with van der Waals surface area (Å²) in [6.45, 7) is 8.60. The van der Waals surface area contributed by atoms with Gasteiger partial charge in [-0.3, -0.25) is 0 Å². The van der Waals surface area contributed by atoms with Gasteiger partial charge < -0.3 is 9.47 Å². The van der Waals surface area contributed by atoms with Crippen LogP contribution in [0.25, 0.3) is 0 Å². The maximum Gasteiger partial charge on any atom is 0.509 e. The summed E-state index contributed by atoms with van der Waals surface area (Å²) in [5.74, 6) is 0.619. The van der Waals surface area contributed by atoms with Gasteiger partial charge in [-0.15, -0.1) is 0 Å². The van der Waals surface area contributed by atoms with Gasteiger partial charge in [0.1, 0.15) is 6.10 Å². The van der Waals surface area contributed by atoms with Crippen molar-refractivity contribution in [3.05, 3.63) is 0 Å². The number of ether oxygens (including phenoxy) is 2. The SMILES string of the molecule is CC(I)OC(=O)OC1CCC[C@@](C)(C(C)C)C1. The Balaban J connectivity index is 2.47. The second kappa shape index (κ2) is 6.25. The predicted molar refractivity (Wildman–Crippen MR) is 76.2 cm³/mol. The molecular formula is C13H23IO3. The van der Waals surface area contributed by atoms with Crippen LogP contribution in [0.5, 0.6) is 0 Å². The molecule has 0 aromatic carbocycles. The van der Waals surface area contributed by atoms with E-state index < -0.39 is 6.16 Å². The molecule has 0 bridgehead atoms. The van der Waals surface area contributed by atoms with Crippen LogP contribution in [0.15, 0.2) is 0 Å². The van der Waals surface area contributed by atoms with Gasteiger partial charge in [0.15, 0.2) is 4.11 Å². The van der Waals surface area contributed by atoms with Crippen LogP contribution in [0, 0.1) is 11.3 Å². The third kappa shape index (κ3) is 4.64. The van der Waals surface area contributed by atoms with Gasteiger partial charge in [-0.05, 0) is 66.5 Å². The summed E-state index contributed by atoms with van der Waals surface area (Å²) in [5, 5.41) is 0. The summed E-state index contributed by atoms with van der Waals surface area (Å²) < 4.78 is 10.3. The molecule has 0 N–H and O–H groups in total. The molecule has 1 aliphatic carbocycles. The van der Waals surface area contributed by atoms with E-state index in [1.54, 1.807) is 0 Å². The van der Waals surface area contributed by atoms with Gasteiger partial charge in [0.2, 0.25) is 0 Å². The van der Waals surface area contributed by atoms with Gasteiger partial charge in [0.05, 0.1) is 0 Å². The maximum atomic E-state index is 11.5. The lowest BCUT2D eigenvalue weighted by atomic mass is 9.67. The first kappa shape index (κ1) is 15.1. The molecule has 1 saturated carbocycles. The molecule has 1 fully saturated rings. The zero-order valence-corrected chi connectivity index (χ0v) is 13.3. The molecule has 0 aromatic rings. The minimum Gasteiger partial charge on any atom is -0.431 e. The van der Waals surface area contributed by atoms with Gasteiger partial charge >= 0.3 is 6.16 Å². The highest BCUT2D eigenvalue weighted by Gasteiger charge is 2.36. The van der Waals surface area contributed by atoms with E-state index >= 15 is 0 Å². The predicted octanol–water partition coefficient (Wildman–Crippen LogP) is 4.53. The minimum absolute atomic E-state index is 0.0267. The molecule has 100 valence electrons. The van der Waals surface area contributed by atoms with Crippen molar-refractivity contribution in [2.24, 2.45) is 11.3 Å². The van der Waals surface area contributed by atoms with E-state index in [0.29, 0.717) is 11.3 Å². The lowest BCUT2D eigenvalue weighted by Gasteiger charge is -2.40. The van der Waals surface area contributed by atoms with Crippen LogP contribution in [0.2, 0.25) is 0 Å². The number of carbonyl (C=O) groups is 1. The van der Waals surface area contributed by atoms with Gasteiger partial charge in [-0.25, -0.2) is 4.79 Å². The smallest absolute Gasteiger partial charge is 0.431 e. The van der Waals surface area contributed by atoms with Crippen molar-refractivity contribution in [3.8, 4) is 0 Å². The fraction of sp³-hybridized carbons (Fsp3) is 0.923. The van der Waals surface area contributed by atoms with Crippen LogP contribution < -0.4 is 0 Å². The minimum atomic E-state index is -0.523. The number of hydrogen-bond donors (Lipinski definition) is 0. The first-order valence-electron chi connectivity index (χ1n) is 6.35.